The van der Waals surface area contributed by atoms with Crippen LogP contribution in [0.2, 0.25) is 0 Å². The van der Waals surface area contributed by atoms with E-state index < -0.39 is 10.0 Å². The van der Waals surface area contributed by atoms with Crippen LogP contribution in [0.5, 0.6) is 0 Å². The average molecular weight is 355 g/mol. The highest BCUT2D eigenvalue weighted by atomic mass is 32.2. The van der Waals surface area contributed by atoms with Gasteiger partial charge in [0.05, 0.1) is 4.90 Å². The summed E-state index contributed by atoms with van der Waals surface area (Å²) in [5, 5.41) is 6.12. The Morgan fingerprint density at radius 3 is 2.52 bits per heavy atom. The summed E-state index contributed by atoms with van der Waals surface area (Å²) in [6.45, 7) is 2.28. The fraction of sp³-hybridized carbons (Fsp3) is 0.533. The minimum absolute atomic E-state index is 0.136. The number of nitrogens with zero attached hydrogens (tertiary/aromatic N) is 1. The van der Waals surface area contributed by atoms with E-state index in [9.17, 15) is 13.2 Å². The normalized spacial score (nSPS) is 22.9. The Labute approximate surface area is 141 Å². The van der Waals surface area contributed by atoms with Crippen molar-refractivity contribution in [2.24, 2.45) is 0 Å². The fourth-order valence-corrected chi connectivity index (χ4v) is 5.32. The molecule has 0 radical (unpaired) electrons. The minimum atomic E-state index is -3.47. The van der Waals surface area contributed by atoms with Crippen molar-refractivity contribution < 1.29 is 13.2 Å². The molecule has 2 aliphatic rings. The van der Waals surface area contributed by atoms with E-state index in [2.05, 4.69) is 10.6 Å². The van der Waals surface area contributed by atoms with Gasteiger partial charge < -0.3 is 10.6 Å². The zero-order chi connectivity index (χ0) is 16.3. The molecule has 2 heterocycles. The van der Waals surface area contributed by atoms with E-state index in [4.69, 9.17) is 0 Å². The van der Waals surface area contributed by atoms with Gasteiger partial charge in [-0.05, 0) is 36.4 Å². The molecule has 3 rings (SSSR count). The molecule has 0 spiro atoms. The van der Waals surface area contributed by atoms with Crippen molar-refractivity contribution >= 4 is 27.7 Å². The lowest BCUT2D eigenvalue weighted by atomic mass is 10.2. The fourth-order valence-electron chi connectivity index (χ4n) is 2.73. The summed E-state index contributed by atoms with van der Waals surface area (Å²) in [6, 6.07) is 6.45. The van der Waals surface area contributed by atoms with Gasteiger partial charge in [-0.3, -0.25) is 4.79 Å². The first-order valence-electron chi connectivity index (χ1n) is 7.77. The number of thioether (sulfide) groups is 1. The molecule has 1 atom stereocenters. The maximum Gasteiger partial charge on any atom is 0.251 e. The number of amides is 1. The van der Waals surface area contributed by atoms with E-state index in [1.807, 2.05) is 11.8 Å². The number of carbonyl (C=O) groups excluding carboxylic acids is 1. The molecule has 2 fully saturated rings. The average Bonchev–Trinajstić information content (AvgIpc) is 3.09. The van der Waals surface area contributed by atoms with Gasteiger partial charge in [0.2, 0.25) is 10.0 Å². The van der Waals surface area contributed by atoms with Crippen LogP contribution in [0.25, 0.3) is 0 Å². The maximum absolute atomic E-state index is 12.5. The number of piperazine rings is 1. The van der Waals surface area contributed by atoms with Crippen LogP contribution in [-0.4, -0.2) is 62.4 Å². The van der Waals surface area contributed by atoms with Crippen molar-refractivity contribution in [1.29, 1.82) is 0 Å². The highest BCUT2D eigenvalue weighted by Crippen LogP contribution is 2.19. The summed E-state index contributed by atoms with van der Waals surface area (Å²) in [5.41, 5.74) is 0.501. The van der Waals surface area contributed by atoms with Crippen molar-refractivity contribution in [1.82, 2.24) is 14.9 Å². The SMILES string of the molecule is O=C(NC1CCSC1)c1ccc(S(=O)(=O)N2CCNCC2)cc1. The number of hydrogen-bond donors (Lipinski definition) is 2. The van der Waals surface area contributed by atoms with Crippen LogP contribution in [0, 0.1) is 0 Å². The predicted octanol–water partition coefficient (Wildman–Crippen LogP) is 0.516. The number of rotatable bonds is 4. The van der Waals surface area contributed by atoms with Gasteiger partial charge in [-0.15, -0.1) is 0 Å². The molecule has 0 aliphatic carbocycles. The predicted molar refractivity (Wildman–Crippen MR) is 91.3 cm³/mol. The second-order valence-electron chi connectivity index (χ2n) is 5.71. The van der Waals surface area contributed by atoms with E-state index in [1.165, 1.54) is 16.4 Å². The summed E-state index contributed by atoms with van der Waals surface area (Å²) < 4.78 is 26.6. The lowest BCUT2D eigenvalue weighted by Gasteiger charge is -2.26. The first kappa shape index (κ1) is 16.8. The van der Waals surface area contributed by atoms with E-state index in [-0.39, 0.29) is 16.8 Å². The molecule has 1 amide bonds. The van der Waals surface area contributed by atoms with Crippen LogP contribution in [0.15, 0.2) is 29.2 Å². The quantitative estimate of drug-likeness (QED) is 0.823. The number of hydrogen-bond acceptors (Lipinski definition) is 5. The van der Waals surface area contributed by atoms with E-state index >= 15 is 0 Å². The van der Waals surface area contributed by atoms with Gasteiger partial charge in [0.1, 0.15) is 0 Å². The molecular formula is C15H21N3O3S2. The molecule has 6 nitrogen and oxygen atoms in total. The molecular weight excluding hydrogens is 334 g/mol. The Balaban J connectivity index is 1.69. The van der Waals surface area contributed by atoms with E-state index in [1.54, 1.807) is 12.1 Å². The first-order chi connectivity index (χ1) is 11.1. The second-order valence-corrected chi connectivity index (χ2v) is 8.80. The van der Waals surface area contributed by atoms with Gasteiger partial charge in [-0.25, -0.2) is 8.42 Å². The molecule has 0 saturated carbocycles. The smallest absolute Gasteiger partial charge is 0.251 e. The summed E-state index contributed by atoms with van der Waals surface area (Å²) in [6.07, 6.45) is 0.992. The van der Waals surface area contributed by atoms with Crippen molar-refractivity contribution in [3.05, 3.63) is 29.8 Å². The molecule has 23 heavy (non-hydrogen) atoms. The molecule has 2 saturated heterocycles. The van der Waals surface area contributed by atoms with Crippen molar-refractivity contribution in [3.63, 3.8) is 0 Å². The van der Waals surface area contributed by atoms with Crippen LogP contribution in [0.1, 0.15) is 16.8 Å². The monoisotopic (exact) mass is 355 g/mol. The Kier molecular flexibility index (Phi) is 5.25. The second kappa shape index (κ2) is 7.21. The van der Waals surface area contributed by atoms with Gasteiger partial charge >= 0.3 is 0 Å². The van der Waals surface area contributed by atoms with Crippen LogP contribution in [-0.2, 0) is 10.0 Å². The van der Waals surface area contributed by atoms with Crippen LogP contribution in [0.4, 0.5) is 0 Å². The van der Waals surface area contributed by atoms with E-state index in [0.717, 1.165) is 17.9 Å². The Morgan fingerprint density at radius 2 is 1.91 bits per heavy atom. The molecule has 0 aromatic heterocycles. The number of carbonyl (C=O) groups is 1. The van der Waals surface area contributed by atoms with E-state index in [0.29, 0.717) is 31.7 Å². The first-order valence-corrected chi connectivity index (χ1v) is 10.4. The topological polar surface area (TPSA) is 78.5 Å². The molecule has 1 aromatic carbocycles. The Bertz CT molecular complexity index is 649. The van der Waals surface area contributed by atoms with Crippen molar-refractivity contribution in [2.45, 2.75) is 17.4 Å². The molecule has 2 N–H and O–H groups in total. The van der Waals surface area contributed by atoms with Crippen LogP contribution < -0.4 is 10.6 Å². The molecule has 2 aliphatic heterocycles. The third-order valence-electron chi connectivity index (χ3n) is 4.10. The molecule has 0 bridgehead atoms. The maximum atomic E-state index is 12.5. The number of benzene rings is 1. The number of nitrogens with one attached hydrogen (secondary N) is 2. The Hall–Kier alpha value is -1.09. The number of sulfonamides is 1. The van der Waals surface area contributed by atoms with Crippen molar-refractivity contribution in [2.75, 3.05) is 37.7 Å². The highest BCUT2D eigenvalue weighted by molar-refractivity contribution is 7.99. The third-order valence-corrected chi connectivity index (χ3v) is 7.17. The molecule has 126 valence electrons. The summed E-state index contributed by atoms with van der Waals surface area (Å²) in [5.74, 6) is 1.89. The minimum Gasteiger partial charge on any atom is -0.348 e. The lowest BCUT2D eigenvalue weighted by molar-refractivity contribution is 0.0941. The largest absolute Gasteiger partial charge is 0.348 e. The van der Waals surface area contributed by atoms with Gasteiger partial charge in [0.15, 0.2) is 0 Å². The van der Waals surface area contributed by atoms with Crippen LogP contribution in [0.3, 0.4) is 0 Å². The molecule has 8 heteroatoms. The van der Waals surface area contributed by atoms with Gasteiger partial charge in [-0.2, -0.15) is 16.1 Å². The zero-order valence-electron chi connectivity index (χ0n) is 12.8. The van der Waals surface area contributed by atoms with Gasteiger partial charge in [0, 0.05) is 43.5 Å². The third kappa shape index (κ3) is 3.88. The zero-order valence-corrected chi connectivity index (χ0v) is 14.5. The molecule has 1 aromatic rings. The summed E-state index contributed by atoms with van der Waals surface area (Å²) >= 11 is 1.84. The lowest BCUT2D eigenvalue weighted by Crippen LogP contribution is -2.46. The van der Waals surface area contributed by atoms with Crippen LogP contribution >= 0.6 is 11.8 Å². The van der Waals surface area contributed by atoms with Gasteiger partial charge in [0.25, 0.3) is 5.91 Å². The van der Waals surface area contributed by atoms with Crippen molar-refractivity contribution in [3.8, 4) is 0 Å². The molecule has 1 unspecified atom stereocenters. The highest BCUT2D eigenvalue weighted by Gasteiger charge is 2.26. The van der Waals surface area contributed by atoms with Gasteiger partial charge in [-0.1, -0.05) is 0 Å². The summed E-state index contributed by atoms with van der Waals surface area (Å²) in [4.78, 5) is 12.4. The summed E-state index contributed by atoms with van der Waals surface area (Å²) in [7, 11) is -3.47. The Morgan fingerprint density at radius 1 is 1.22 bits per heavy atom. The standard InChI is InChI=1S/C15H21N3O3S2/c19-15(17-13-5-10-22-11-13)12-1-3-14(4-2-12)23(20,21)18-8-6-16-7-9-18/h1-4,13,16H,5-11H2,(H,17,19).